The number of carbonyl (C=O) groups excluding carboxylic acids is 1. The third-order valence-corrected chi connectivity index (χ3v) is 7.77. The number of amides is 1. The largest absolute Gasteiger partial charge is 0.385 e. The number of aromatic nitrogens is 2. The first-order chi connectivity index (χ1) is 16.3. The molecule has 0 aliphatic carbocycles. The van der Waals surface area contributed by atoms with E-state index in [0.717, 1.165) is 18.5 Å². The predicted octanol–water partition coefficient (Wildman–Crippen LogP) is 3.79. The second-order valence-corrected chi connectivity index (χ2v) is 10.2. The van der Waals surface area contributed by atoms with Crippen LogP contribution in [0.5, 0.6) is 0 Å². The summed E-state index contributed by atoms with van der Waals surface area (Å²) in [6, 6.07) is 3.25. The SMILES string of the molecule is CNc1c(C(=O)NC[C@H](C)c2cc(F)c(N3C[C@H]4CC[C@@H](C3)N4)cc2F)sc2nc(C)cnc12. The summed E-state index contributed by atoms with van der Waals surface area (Å²) in [5.74, 6) is -1.58. The van der Waals surface area contributed by atoms with Crippen LogP contribution in [0.15, 0.2) is 18.3 Å². The van der Waals surface area contributed by atoms with E-state index in [0.29, 0.717) is 51.8 Å². The Morgan fingerprint density at radius 2 is 2.00 bits per heavy atom. The van der Waals surface area contributed by atoms with Gasteiger partial charge >= 0.3 is 0 Å². The lowest BCUT2D eigenvalue weighted by molar-refractivity contribution is 0.0956. The fourth-order valence-corrected chi connectivity index (χ4v) is 6.05. The van der Waals surface area contributed by atoms with Gasteiger partial charge in [0.05, 0.1) is 17.1 Å². The van der Waals surface area contributed by atoms with Crippen LogP contribution in [0.1, 0.15) is 46.6 Å². The van der Waals surface area contributed by atoms with Gasteiger partial charge in [-0.2, -0.15) is 0 Å². The number of nitrogens with one attached hydrogen (secondary N) is 3. The highest BCUT2D eigenvalue weighted by molar-refractivity contribution is 7.21. The zero-order valence-electron chi connectivity index (χ0n) is 19.4. The quantitative estimate of drug-likeness (QED) is 0.492. The summed E-state index contributed by atoms with van der Waals surface area (Å²) in [6.07, 6.45) is 3.80. The lowest BCUT2D eigenvalue weighted by Gasteiger charge is -2.35. The molecule has 5 rings (SSSR count). The third-order valence-electron chi connectivity index (χ3n) is 6.70. The van der Waals surface area contributed by atoms with Crippen LogP contribution in [0, 0.1) is 18.6 Å². The van der Waals surface area contributed by atoms with Crippen molar-refractivity contribution in [2.45, 2.75) is 44.7 Å². The zero-order valence-corrected chi connectivity index (χ0v) is 20.2. The van der Waals surface area contributed by atoms with Crippen LogP contribution >= 0.6 is 11.3 Å². The molecule has 3 N–H and O–H groups in total. The van der Waals surface area contributed by atoms with Crippen molar-refractivity contribution in [2.75, 3.05) is 36.9 Å². The number of rotatable bonds is 6. The fraction of sp³-hybridized carbons (Fsp3) is 0.458. The number of piperazine rings is 1. The van der Waals surface area contributed by atoms with Crippen molar-refractivity contribution in [2.24, 2.45) is 0 Å². The summed E-state index contributed by atoms with van der Waals surface area (Å²) in [7, 11) is 1.73. The van der Waals surface area contributed by atoms with Gasteiger partial charge in [0.1, 0.15) is 26.9 Å². The fourth-order valence-electron chi connectivity index (χ4n) is 4.95. The van der Waals surface area contributed by atoms with Crippen molar-refractivity contribution >= 4 is 39.0 Å². The maximum atomic E-state index is 15.0. The van der Waals surface area contributed by atoms with Gasteiger partial charge in [-0.15, -0.1) is 11.3 Å². The molecule has 0 radical (unpaired) electrons. The highest BCUT2D eigenvalue weighted by atomic mass is 32.1. The molecule has 10 heteroatoms. The number of nitrogens with zero attached hydrogens (tertiary/aromatic N) is 3. The number of benzene rings is 1. The number of fused-ring (bicyclic) bond motifs is 3. The van der Waals surface area contributed by atoms with E-state index in [1.807, 2.05) is 11.8 Å². The van der Waals surface area contributed by atoms with Crippen molar-refractivity contribution in [1.82, 2.24) is 20.6 Å². The van der Waals surface area contributed by atoms with Gasteiger partial charge in [0.25, 0.3) is 5.91 Å². The van der Waals surface area contributed by atoms with Crippen LogP contribution in [0.3, 0.4) is 0 Å². The summed E-state index contributed by atoms with van der Waals surface area (Å²) >= 11 is 1.25. The van der Waals surface area contributed by atoms with Crippen LogP contribution in [0.4, 0.5) is 20.2 Å². The predicted molar refractivity (Wildman–Crippen MR) is 131 cm³/mol. The Morgan fingerprint density at radius 1 is 1.26 bits per heavy atom. The van der Waals surface area contributed by atoms with Crippen LogP contribution in [-0.2, 0) is 0 Å². The molecule has 2 saturated heterocycles. The van der Waals surface area contributed by atoms with Gasteiger partial charge in [-0.1, -0.05) is 6.92 Å². The zero-order chi connectivity index (χ0) is 24.0. The Balaban J connectivity index is 1.30. The first-order valence-corrected chi connectivity index (χ1v) is 12.4. The van der Waals surface area contributed by atoms with E-state index in [9.17, 15) is 4.79 Å². The molecule has 2 aliphatic rings. The lowest BCUT2D eigenvalue weighted by atomic mass is 9.99. The van der Waals surface area contributed by atoms with E-state index in [2.05, 4.69) is 25.9 Å². The summed E-state index contributed by atoms with van der Waals surface area (Å²) in [6.45, 7) is 5.16. The number of anilines is 2. The molecule has 3 atom stereocenters. The molecule has 1 amide bonds. The number of halogens is 2. The summed E-state index contributed by atoms with van der Waals surface area (Å²) in [5.41, 5.74) is 2.59. The minimum atomic E-state index is -0.453. The highest BCUT2D eigenvalue weighted by Gasteiger charge is 2.33. The first kappa shape index (κ1) is 22.9. The molecule has 180 valence electrons. The average Bonchev–Trinajstić information content (AvgIpc) is 3.36. The van der Waals surface area contributed by atoms with E-state index < -0.39 is 17.6 Å². The normalized spacial score (nSPS) is 20.6. The number of thiophene rings is 1. The molecule has 2 fully saturated rings. The highest BCUT2D eigenvalue weighted by Crippen LogP contribution is 2.34. The molecule has 7 nitrogen and oxygen atoms in total. The molecule has 2 aromatic heterocycles. The van der Waals surface area contributed by atoms with Crippen molar-refractivity contribution < 1.29 is 13.6 Å². The number of hydrogen-bond acceptors (Lipinski definition) is 7. The second-order valence-electron chi connectivity index (χ2n) is 9.20. The maximum absolute atomic E-state index is 15.0. The summed E-state index contributed by atoms with van der Waals surface area (Å²) in [4.78, 5) is 24.8. The van der Waals surface area contributed by atoms with Gasteiger partial charge in [0.2, 0.25) is 0 Å². The van der Waals surface area contributed by atoms with Gasteiger partial charge in [-0.25, -0.2) is 18.7 Å². The van der Waals surface area contributed by atoms with Crippen molar-refractivity contribution in [3.63, 3.8) is 0 Å². The van der Waals surface area contributed by atoms with Gasteiger partial charge in [0, 0.05) is 56.9 Å². The van der Waals surface area contributed by atoms with Gasteiger partial charge in [-0.3, -0.25) is 4.79 Å². The molecule has 1 aromatic carbocycles. The topological polar surface area (TPSA) is 82.2 Å². The standard InChI is InChI=1S/C24H28F2N6OS/c1-12(8-29-23(33)22-20(27-3)21-24(34-22)30-13(2)9-28-21)16-6-18(26)19(7-17(16)25)32-10-14-4-5-15(11-32)31-14/h6-7,9,12,14-15,27,31H,4-5,8,10-11H2,1-3H3,(H,29,33)/t12-,14-,15+/m0/s1. The Morgan fingerprint density at radius 3 is 2.71 bits per heavy atom. The molecular formula is C24H28F2N6OS. The van der Waals surface area contributed by atoms with E-state index in [-0.39, 0.29) is 18.0 Å². The van der Waals surface area contributed by atoms with Crippen LogP contribution in [0.25, 0.3) is 10.3 Å². The molecule has 2 bridgehead atoms. The monoisotopic (exact) mass is 486 g/mol. The first-order valence-electron chi connectivity index (χ1n) is 11.6. The molecule has 0 unspecified atom stereocenters. The summed E-state index contributed by atoms with van der Waals surface area (Å²) < 4.78 is 30.1. The maximum Gasteiger partial charge on any atom is 0.263 e. The number of hydrogen-bond donors (Lipinski definition) is 3. The smallest absolute Gasteiger partial charge is 0.263 e. The van der Waals surface area contributed by atoms with Crippen LogP contribution < -0.4 is 20.9 Å². The third kappa shape index (κ3) is 4.20. The van der Waals surface area contributed by atoms with Crippen LogP contribution in [-0.4, -0.2) is 54.6 Å². The van der Waals surface area contributed by atoms with E-state index >= 15 is 8.78 Å². The van der Waals surface area contributed by atoms with E-state index in [1.165, 1.54) is 23.5 Å². The Bertz CT molecular complexity index is 1240. The van der Waals surface area contributed by atoms with E-state index in [4.69, 9.17) is 0 Å². The number of carbonyl (C=O) groups is 1. The lowest BCUT2D eigenvalue weighted by Crippen LogP contribution is -2.51. The van der Waals surface area contributed by atoms with Crippen LogP contribution in [0.2, 0.25) is 0 Å². The molecular weight excluding hydrogens is 458 g/mol. The second kappa shape index (κ2) is 9.07. The molecule has 0 spiro atoms. The molecule has 2 aliphatic heterocycles. The average molecular weight is 487 g/mol. The Hall–Kier alpha value is -2.85. The minimum Gasteiger partial charge on any atom is -0.385 e. The van der Waals surface area contributed by atoms with Crippen molar-refractivity contribution in [3.8, 4) is 0 Å². The van der Waals surface area contributed by atoms with Gasteiger partial charge < -0.3 is 20.9 Å². The van der Waals surface area contributed by atoms with E-state index in [1.54, 1.807) is 20.2 Å². The molecule has 3 aromatic rings. The summed E-state index contributed by atoms with van der Waals surface area (Å²) in [5, 5.41) is 9.40. The number of aryl methyl sites for hydroxylation is 1. The van der Waals surface area contributed by atoms with Gasteiger partial charge in [0.15, 0.2) is 0 Å². The Kier molecular flexibility index (Phi) is 6.11. The molecule has 4 heterocycles. The molecule has 34 heavy (non-hydrogen) atoms. The Labute approximate surface area is 201 Å². The van der Waals surface area contributed by atoms with Crippen molar-refractivity contribution in [3.05, 3.63) is 46.1 Å². The van der Waals surface area contributed by atoms with Crippen molar-refractivity contribution in [1.29, 1.82) is 0 Å². The molecule has 0 saturated carbocycles. The van der Waals surface area contributed by atoms with Gasteiger partial charge in [-0.05, 0) is 31.4 Å². The minimum absolute atomic E-state index is 0.170.